The normalized spacial score (nSPS) is 12.5. The van der Waals surface area contributed by atoms with Crippen LogP contribution in [0.25, 0.3) is 0 Å². The highest BCUT2D eigenvalue weighted by atomic mass is 79.9. The van der Waals surface area contributed by atoms with Crippen LogP contribution in [0.3, 0.4) is 0 Å². The fourth-order valence-electron chi connectivity index (χ4n) is 1.56. The molecule has 0 N–H and O–H groups in total. The van der Waals surface area contributed by atoms with Crippen molar-refractivity contribution in [3.63, 3.8) is 0 Å². The first kappa shape index (κ1) is 16.8. The second kappa shape index (κ2) is 6.30. The first-order valence-electron chi connectivity index (χ1n) is 5.68. The maximum absolute atomic E-state index is 13.0. The van der Waals surface area contributed by atoms with Gasteiger partial charge in [0.05, 0.1) is 0 Å². The molecule has 2 aromatic rings. The Bertz CT molecular complexity index is 545. The molecular formula is C14H8Br2F4S. The average molecular weight is 444 g/mol. The average Bonchev–Trinajstić information content (AvgIpc) is 2.38. The summed E-state index contributed by atoms with van der Waals surface area (Å²) in [5.41, 5.74) is -0.276. The van der Waals surface area contributed by atoms with Gasteiger partial charge in [0.15, 0.2) is 0 Å². The number of benzene rings is 2. The smallest absolute Gasteiger partial charge is 0.188 e. The maximum atomic E-state index is 13.0. The van der Waals surface area contributed by atoms with E-state index < -0.39 is 9.66 Å². The molecule has 0 nitrogen and oxygen atoms in total. The predicted octanol–water partition coefficient (Wildman–Crippen LogP) is 6.73. The van der Waals surface area contributed by atoms with Gasteiger partial charge in [0.2, 0.25) is 0 Å². The van der Waals surface area contributed by atoms with Crippen LogP contribution >= 0.6 is 43.6 Å². The standard InChI is InChI=1S/C14H8Br2F4S/c15-13(17,18)9-1-5-11(6-2-9)21-12-7-3-10(4-8-12)14(16,19)20/h1-8H. The number of alkyl halides is 6. The van der Waals surface area contributed by atoms with Crippen molar-refractivity contribution in [3.05, 3.63) is 59.7 Å². The van der Waals surface area contributed by atoms with E-state index in [9.17, 15) is 17.6 Å². The van der Waals surface area contributed by atoms with E-state index in [0.29, 0.717) is 0 Å². The third-order valence-electron chi connectivity index (χ3n) is 2.60. The minimum Gasteiger partial charge on any atom is -0.188 e. The molecule has 7 heteroatoms. The summed E-state index contributed by atoms with van der Waals surface area (Å²) in [5.74, 6) is 0. The fourth-order valence-corrected chi connectivity index (χ4v) is 2.91. The Morgan fingerprint density at radius 3 is 1.14 bits per heavy atom. The summed E-state index contributed by atoms with van der Waals surface area (Å²) < 4.78 is 52.0. The molecule has 0 saturated heterocycles. The molecule has 0 saturated carbocycles. The molecule has 0 spiro atoms. The zero-order chi connectivity index (χ0) is 15.7. The van der Waals surface area contributed by atoms with Gasteiger partial charge in [0.1, 0.15) is 0 Å². The van der Waals surface area contributed by atoms with Crippen LogP contribution in [0.1, 0.15) is 11.1 Å². The van der Waals surface area contributed by atoms with E-state index in [0.717, 1.165) is 9.79 Å². The number of hydrogen-bond donors (Lipinski definition) is 0. The molecule has 0 aliphatic rings. The first-order chi connectivity index (χ1) is 9.66. The lowest BCUT2D eigenvalue weighted by Gasteiger charge is -2.10. The Morgan fingerprint density at radius 2 is 0.905 bits per heavy atom. The summed E-state index contributed by atoms with van der Waals surface area (Å²) in [6.07, 6.45) is 0. The van der Waals surface area contributed by atoms with Gasteiger partial charge >= 0.3 is 9.66 Å². The molecule has 0 atom stereocenters. The summed E-state index contributed by atoms with van der Waals surface area (Å²) in [7, 11) is 0. The molecular weight excluding hydrogens is 436 g/mol. The molecule has 0 aliphatic carbocycles. The largest absolute Gasteiger partial charge is 0.326 e. The summed E-state index contributed by atoms with van der Waals surface area (Å²) in [5, 5.41) is 0. The maximum Gasteiger partial charge on any atom is 0.326 e. The Hall–Kier alpha value is -0.530. The highest BCUT2D eigenvalue weighted by Gasteiger charge is 2.27. The summed E-state index contributed by atoms with van der Waals surface area (Å²) >= 11 is 5.88. The molecule has 21 heavy (non-hydrogen) atoms. The molecule has 0 unspecified atom stereocenters. The van der Waals surface area contributed by atoms with Gasteiger partial charge in [-0.1, -0.05) is 36.0 Å². The second-order valence-corrected chi connectivity index (χ2v) is 7.29. The van der Waals surface area contributed by atoms with Crippen LogP contribution < -0.4 is 0 Å². The molecule has 112 valence electrons. The lowest BCUT2D eigenvalue weighted by atomic mass is 10.2. The van der Waals surface area contributed by atoms with Gasteiger partial charge in [0, 0.05) is 20.9 Å². The molecule has 0 radical (unpaired) electrons. The van der Waals surface area contributed by atoms with Crippen LogP contribution in [0.15, 0.2) is 58.3 Å². The van der Waals surface area contributed by atoms with Crippen molar-refractivity contribution in [2.24, 2.45) is 0 Å². The van der Waals surface area contributed by atoms with Crippen molar-refractivity contribution in [2.45, 2.75) is 19.5 Å². The van der Waals surface area contributed by atoms with E-state index in [1.807, 2.05) is 0 Å². The molecule has 0 fully saturated rings. The van der Waals surface area contributed by atoms with Gasteiger partial charge in [-0.3, -0.25) is 0 Å². The Labute approximate surface area is 140 Å². The van der Waals surface area contributed by atoms with Gasteiger partial charge in [-0.05, 0) is 56.1 Å². The number of rotatable bonds is 4. The van der Waals surface area contributed by atoms with E-state index in [4.69, 9.17) is 0 Å². The van der Waals surface area contributed by atoms with Crippen molar-refractivity contribution >= 4 is 43.6 Å². The van der Waals surface area contributed by atoms with Gasteiger partial charge in [-0.15, -0.1) is 0 Å². The molecule has 0 aromatic heterocycles. The molecule has 0 aliphatic heterocycles. The molecule has 0 amide bonds. The van der Waals surface area contributed by atoms with E-state index in [1.54, 1.807) is 24.3 Å². The number of hydrogen-bond acceptors (Lipinski definition) is 1. The van der Waals surface area contributed by atoms with Gasteiger partial charge in [0.25, 0.3) is 0 Å². The van der Waals surface area contributed by atoms with Crippen molar-refractivity contribution in [1.29, 1.82) is 0 Å². The van der Waals surface area contributed by atoms with Crippen LogP contribution in [0, 0.1) is 0 Å². The molecule has 0 heterocycles. The van der Waals surface area contributed by atoms with E-state index in [2.05, 4.69) is 31.9 Å². The van der Waals surface area contributed by atoms with Gasteiger partial charge in [-0.25, -0.2) is 0 Å². The van der Waals surface area contributed by atoms with Crippen LogP contribution in [-0.4, -0.2) is 0 Å². The van der Waals surface area contributed by atoms with E-state index >= 15 is 0 Å². The van der Waals surface area contributed by atoms with Gasteiger partial charge in [-0.2, -0.15) is 17.6 Å². The SMILES string of the molecule is FC(F)(Br)c1ccc(Sc2ccc(C(F)(F)Br)cc2)cc1. The summed E-state index contributed by atoms with van der Waals surface area (Å²) in [4.78, 5) is -4.62. The third-order valence-corrected chi connectivity index (χ3v) is 4.53. The highest BCUT2D eigenvalue weighted by Crippen LogP contribution is 2.38. The van der Waals surface area contributed by atoms with Crippen LogP contribution in [0.5, 0.6) is 0 Å². The fraction of sp³-hybridized carbons (Fsp3) is 0.143. The van der Waals surface area contributed by atoms with Crippen LogP contribution in [-0.2, 0) is 9.66 Å². The zero-order valence-electron chi connectivity index (χ0n) is 10.3. The Balaban J connectivity index is 2.12. The van der Waals surface area contributed by atoms with E-state index in [-0.39, 0.29) is 11.1 Å². The predicted molar refractivity (Wildman–Crippen MR) is 82.6 cm³/mol. The van der Waals surface area contributed by atoms with Crippen molar-refractivity contribution in [3.8, 4) is 0 Å². The second-order valence-electron chi connectivity index (χ2n) is 4.15. The quantitative estimate of drug-likeness (QED) is 0.373. The van der Waals surface area contributed by atoms with E-state index in [1.165, 1.54) is 36.0 Å². The van der Waals surface area contributed by atoms with Crippen molar-refractivity contribution < 1.29 is 17.6 Å². The van der Waals surface area contributed by atoms with Crippen molar-refractivity contribution in [2.75, 3.05) is 0 Å². The topological polar surface area (TPSA) is 0 Å². The third kappa shape index (κ3) is 4.72. The summed E-state index contributed by atoms with van der Waals surface area (Å²) in [6.45, 7) is 0. The first-order valence-corrected chi connectivity index (χ1v) is 8.09. The molecule has 2 aromatic carbocycles. The molecule has 2 rings (SSSR count). The van der Waals surface area contributed by atoms with Crippen molar-refractivity contribution in [1.82, 2.24) is 0 Å². The van der Waals surface area contributed by atoms with Crippen LogP contribution in [0.2, 0.25) is 0 Å². The minimum atomic E-state index is -3.06. The number of halogens is 6. The summed E-state index contributed by atoms with van der Waals surface area (Å²) in [6, 6.07) is 11.5. The Kier molecular flexibility index (Phi) is 5.05. The lowest BCUT2D eigenvalue weighted by Crippen LogP contribution is -2.01. The van der Waals surface area contributed by atoms with Gasteiger partial charge < -0.3 is 0 Å². The highest BCUT2D eigenvalue weighted by molar-refractivity contribution is 9.09. The lowest BCUT2D eigenvalue weighted by molar-refractivity contribution is 0.114. The zero-order valence-corrected chi connectivity index (χ0v) is 14.3. The monoisotopic (exact) mass is 442 g/mol. The van der Waals surface area contributed by atoms with Crippen LogP contribution in [0.4, 0.5) is 17.6 Å². The minimum absolute atomic E-state index is 0.138. The Morgan fingerprint density at radius 1 is 0.619 bits per heavy atom. The molecule has 0 bridgehead atoms.